The van der Waals surface area contributed by atoms with Gasteiger partial charge in [0.25, 0.3) is 17.4 Å². The third-order valence-electron chi connectivity index (χ3n) is 4.19. The Morgan fingerprint density at radius 3 is 2.52 bits per heavy atom. The lowest BCUT2D eigenvalue weighted by Gasteiger charge is -2.12. The summed E-state index contributed by atoms with van der Waals surface area (Å²) in [5.41, 5.74) is 7.64. The number of imide groups is 1. The normalized spacial score (nSPS) is 12.8. The van der Waals surface area contributed by atoms with E-state index in [0.29, 0.717) is 10.8 Å². The van der Waals surface area contributed by atoms with Crippen LogP contribution in [0, 0.1) is 0 Å². The molecule has 0 spiro atoms. The largest absolute Gasteiger partial charge is 0.384 e. The molecule has 0 fully saturated rings. The molecule has 0 radical (unpaired) electrons. The molecule has 4 rings (SSSR count). The highest BCUT2D eigenvalue weighted by Gasteiger charge is 2.31. The Morgan fingerprint density at radius 1 is 1.07 bits per heavy atom. The van der Waals surface area contributed by atoms with Crippen LogP contribution in [0.5, 0.6) is 0 Å². The number of nitrogens with two attached hydrogens (primary N) is 1. The number of nitrogen functional groups attached to an aromatic ring is 1. The van der Waals surface area contributed by atoms with Crippen LogP contribution in [0.15, 0.2) is 52.5 Å². The van der Waals surface area contributed by atoms with Crippen molar-refractivity contribution in [3.05, 3.63) is 64.1 Å². The van der Waals surface area contributed by atoms with E-state index >= 15 is 0 Å². The van der Waals surface area contributed by atoms with Crippen molar-refractivity contribution in [2.75, 3.05) is 12.0 Å². The molecule has 3 aromatic rings. The lowest BCUT2D eigenvalue weighted by atomic mass is 10.1. The van der Waals surface area contributed by atoms with Crippen molar-refractivity contribution >= 4 is 29.4 Å². The fourth-order valence-corrected chi connectivity index (χ4v) is 3.28. The SMILES string of the molecule is CSc1nccc(-c2ccc(-n3c(N)c4c(cc3=O)C(=O)NC4=O)cc2)n1. The van der Waals surface area contributed by atoms with Gasteiger partial charge in [0.1, 0.15) is 5.82 Å². The zero-order chi connectivity index (χ0) is 19.1. The zero-order valence-electron chi connectivity index (χ0n) is 14.1. The van der Waals surface area contributed by atoms with Gasteiger partial charge in [-0.3, -0.25) is 24.3 Å². The molecule has 27 heavy (non-hydrogen) atoms. The van der Waals surface area contributed by atoms with E-state index in [1.54, 1.807) is 36.5 Å². The summed E-state index contributed by atoms with van der Waals surface area (Å²) in [4.78, 5) is 44.7. The number of aromatic nitrogens is 3. The molecule has 2 aromatic heterocycles. The Morgan fingerprint density at radius 2 is 1.81 bits per heavy atom. The molecule has 2 amide bonds. The van der Waals surface area contributed by atoms with Crippen LogP contribution in [-0.4, -0.2) is 32.6 Å². The van der Waals surface area contributed by atoms with Gasteiger partial charge in [0, 0.05) is 17.8 Å². The lowest BCUT2D eigenvalue weighted by Crippen LogP contribution is -2.24. The van der Waals surface area contributed by atoms with Crippen LogP contribution in [0.4, 0.5) is 5.82 Å². The minimum absolute atomic E-state index is 0.000880. The fourth-order valence-electron chi connectivity index (χ4n) is 2.93. The molecule has 3 heterocycles. The van der Waals surface area contributed by atoms with Gasteiger partial charge in [0.15, 0.2) is 5.16 Å². The topological polar surface area (TPSA) is 120 Å². The number of nitrogens with one attached hydrogen (secondary N) is 1. The molecule has 3 N–H and O–H groups in total. The quantitative estimate of drug-likeness (QED) is 0.402. The van der Waals surface area contributed by atoms with Crippen molar-refractivity contribution in [2.45, 2.75) is 5.16 Å². The summed E-state index contributed by atoms with van der Waals surface area (Å²) in [6, 6.07) is 9.91. The number of thioether (sulfide) groups is 1. The Labute approximate surface area is 157 Å². The molecule has 1 aliphatic rings. The van der Waals surface area contributed by atoms with Crippen molar-refractivity contribution in [3.8, 4) is 16.9 Å². The molecule has 134 valence electrons. The number of hydrogen-bond acceptors (Lipinski definition) is 7. The molecule has 1 aliphatic heterocycles. The summed E-state index contributed by atoms with van der Waals surface area (Å²) in [6.45, 7) is 0. The first-order chi connectivity index (χ1) is 13.0. The maximum absolute atomic E-state index is 12.5. The molecule has 9 heteroatoms. The number of hydrogen-bond donors (Lipinski definition) is 2. The summed E-state index contributed by atoms with van der Waals surface area (Å²) in [7, 11) is 0. The number of amides is 2. The van der Waals surface area contributed by atoms with E-state index in [2.05, 4.69) is 15.3 Å². The highest BCUT2D eigenvalue weighted by Crippen LogP contribution is 2.25. The van der Waals surface area contributed by atoms with Crippen LogP contribution in [-0.2, 0) is 0 Å². The van der Waals surface area contributed by atoms with Crippen molar-refractivity contribution in [1.82, 2.24) is 19.9 Å². The molecule has 0 saturated heterocycles. The molecule has 0 saturated carbocycles. The number of carbonyl (C=O) groups is 2. The second-order valence-electron chi connectivity index (χ2n) is 5.75. The summed E-state index contributed by atoms with van der Waals surface area (Å²) >= 11 is 1.44. The van der Waals surface area contributed by atoms with E-state index in [9.17, 15) is 14.4 Å². The standard InChI is InChI=1S/C18H13N5O3S/c1-27-18-20-7-6-12(21-18)9-2-4-10(5-3-9)23-13(24)8-11-14(15(23)19)17(26)22-16(11)25/h2-8H,19H2,1H3,(H,22,25,26). The van der Waals surface area contributed by atoms with Crippen LogP contribution < -0.4 is 16.6 Å². The first-order valence-corrected chi connectivity index (χ1v) is 9.11. The van der Waals surface area contributed by atoms with Crippen molar-refractivity contribution in [1.29, 1.82) is 0 Å². The molecule has 0 bridgehead atoms. The molecule has 8 nitrogen and oxygen atoms in total. The average Bonchev–Trinajstić information content (AvgIpc) is 2.96. The third kappa shape index (κ3) is 2.77. The van der Waals surface area contributed by atoms with Gasteiger partial charge in [0.2, 0.25) is 0 Å². The monoisotopic (exact) mass is 379 g/mol. The van der Waals surface area contributed by atoms with Gasteiger partial charge in [-0.1, -0.05) is 23.9 Å². The highest BCUT2D eigenvalue weighted by atomic mass is 32.2. The molecule has 0 unspecified atom stereocenters. The van der Waals surface area contributed by atoms with E-state index in [0.717, 1.165) is 17.3 Å². The Kier molecular flexibility index (Phi) is 4.00. The number of benzene rings is 1. The van der Waals surface area contributed by atoms with Crippen LogP contribution in [0.25, 0.3) is 16.9 Å². The number of carbonyl (C=O) groups excluding carboxylic acids is 2. The summed E-state index contributed by atoms with van der Waals surface area (Å²) in [5.74, 6) is -1.29. The van der Waals surface area contributed by atoms with Crippen LogP contribution >= 0.6 is 11.8 Å². The van der Waals surface area contributed by atoms with Gasteiger partial charge in [-0.25, -0.2) is 9.97 Å². The van der Waals surface area contributed by atoms with Gasteiger partial charge in [-0.15, -0.1) is 0 Å². The average molecular weight is 379 g/mol. The molecule has 0 atom stereocenters. The Hall–Kier alpha value is -3.46. The maximum atomic E-state index is 12.5. The predicted octanol–water partition coefficient (Wildman–Crippen LogP) is 1.48. The maximum Gasteiger partial charge on any atom is 0.262 e. The second-order valence-corrected chi connectivity index (χ2v) is 6.52. The smallest absolute Gasteiger partial charge is 0.262 e. The number of rotatable bonds is 3. The second kappa shape index (κ2) is 6.36. The van der Waals surface area contributed by atoms with Crippen molar-refractivity contribution in [2.24, 2.45) is 0 Å². The number of pyridine rings is 1. The first kappa shape index (κ1) is 17.0. The van der Waals surface area contributed by atoms with Crippen LogP contribution in [0.3, 0.4) is 0 Å². The van der Waals surface area contributed by atoms with E-state index < -0.39 is 17.4 Å². The van der Waals surface area contributed by atoms with E-state index in [1.165, 1.54) is 16.3 Å². The van der Waals surface area contributed by atoms with Gasteiger partial charge in [-0.2, -0.15) is 0 Å². The van der Waals surface area contributed by atoms with Gasteiger partial charge >= 0.3 is 0 Å². The molecule has 1 aromatic carbocycles. The van der Waals surface area contributed by atoms with Crippen LogP contribution in [0.1, 0.15) is 20.7 Å². The van der Waals surface area contributed by atoms with Crippen molar-refractivity contribution in [3.63, 3.8) is 0 Å². The fraction of sp³-hybridized carbons (Fsp3) is 0.0556. The van der Waals surface area contributed by atoms with Gasteiger partial charge < -0.3 is 5.73 Å². The molecular formula is C18H13N5O3S. The third-order valence-corrected chi connectivity index (χ3v) is 4.75. The summed E-state index contributed by atoms with van der Waals surface area (Å²) in [6.07, 6.45) is 3.58. The Bertz CT molecular complexity index is 1150. The zero-order valence-corrected chi connectivity index (χ0v) is 14.9. The molecule has 0 aliphatic carbocycles. The van der Waals surface area contributed by atoms with E-state index in [4.69, 9.17) is 5.73 Å². The number of anilines is 1. The van der Waals surface area contributed by atoms with Crippen molar-refractivity contribution < 1.29 is 9.59 Å². The minimum Gasteiger partial charge on any atom is -0.384 e. The van der Waals surface area contributed by atoms with Crippen LogP contribution in [0.2, 0.25) is 0 Å². The number of fused-ring (bicyclic) bond motifs is 1. The predicted molar refractivity (Wildman–Crippen MR) is 101 cm³/mol. The van der Waals surface area contributed by atoms with E-state index in [1.807, 2.05) is 6.26 Å². The van der Waals surface area contributed by atoms with Gasteiger partial charge in [0.05, 0.1) is 22.5 Å². The summed E-state index contributed by atoms with van der Waals surface area (Å²) < 4.78 is 1.20. The first-order valence-electron chi connectivity index (χ1n) is 7.88. The summed E-state index contributed by atoms with van der Waals surface area (Å²) in [5, 5.41) is 2.80. The number of nitrogens with zero attached hydrogens (tertiary/aromatic N) is 3. The highest BCUT2D eigenvalue weighted by molar-refractivity contribution is 7.98. The lowest BCUT2D eigenvalue weighted by molar-refractivity contribution is 0.0880. The Balaban J connectivity index is 1.79. The van der Waals surface area contributed by atoms with E-state index in [-0.39, 0.29) is 16.9 Å². The minimum atomic E-state index is -0.616. The van der Waals surface area contributed by atoms with Gasteiger partial charge in [-0.05, 0) is 24.5 Å². The molecular weight excluding hydrogens is 366 g/mol.